The van der Waals surface area contributed by atoms with Crippen molar-refractivity contribution in [1.29, 1.82) is 0 Å². The molecule has 0 aliphatic rings. The van der Waals surface area contributed by atoms with Crippen molar-refractivity contribution in [2.45, 2.75) is 13.8 Å². The zero-order valence-electron chi connectivity index (χ0n) is 12.5. The molecule has 0 saturated heterocycles. The Kier molecular flexibility index (Phi) is 5.21. The molecule has 0 heterocycles. The van der Waals surface area contributed by atoms with Crippen LogP contribution in [0.3, 0.4) is 0 Å². The molecule has 0 bridgehead atoms. The van der Waals surface area contributed by atoms with E-state index in [0.717, 1.165) is 11.4 Å². The molecule has 0 aliphatic carbocycles. The van der Waals surface area contributed by atoms with E-state index in [0.29, 0.717) is 19.1 Å². The van der Waals surface area contributed by atoms with Crippen LogP contribution in [0.5, 0.6) is 5.75 Å². The number of hydrogen-bond acceptors (Lipinski definition) is 2. The molecule has 0 unspecified atom stereocenters. The average molecular weight is 283 g/mol. The molecule has 0 saturated carbocycles. The number of ether oxygens (including phenoxy) is 1. The topological polar surface area (TPSA) is 59.6 Å². The standard InChI is InChI=1S/C17H21N3O/c1-13-6-8-16(9-7-13)21-11-10-19-17(18)20-15-5-3-4-14(2)12-15/h3-9,12H,10-11H2,1-2H3,(H3,18,19,20). The Balaban J connectivity index is 1.77. The van der Waals surface area contributed by atoms with Gasteiger partial charge in [0.05, 0.1) is 6.54 Å². The Bertz CT molecular complexity index is 606. The highest BCUT2D eigenvalue weighted by Crippen LogP contribution is 2.11. The predicted octanol–water partition coefficient (Wildman–Crippen LogP) is 3.11. The predicted molar refractivity (Wildman–Crippen MR) is 88.0 cm³/mol. The van der Waals surface area contributed by atoms with Crippen LogP contribution in [0.4, 0.5) is 5.69 Å². The van der Waals surface area contributed by atoms with E-state index in [1.165, 1.54) is 11.1 Å². The highest BCUT2D eigenvalue weighted by Gasteiger charge is 1.96. The summed E-state index contributed by atoms with van der Waals surface area (Å²) in [6.45, 7) is 5.09. The summed E-state index contributed by atoms with van der Waals surface area (Å²) >= 11 is 0. The molecule has 4 heteroatoms. The van der Waals surface area contributed by atoms with E-state index in [9.17, 15) is 0 Å². The lowest BCUT2D eigenvalue weighted by Crippen LogP contribution is -2.23. The first-order valence-electron chi connectivity index (χ1n) is 6.96. The fourth-order valence-corrected chi connectivity index (χ4v) is 1.87. The van der Waals surface area contributed by atoms with Crippen LogP contribution in [-0.2, 0) is 0 Å². The Hall–Kier alpha value is -2.49. The molecule has 0 amide bonds. The molecule has 4 nitrogen and oxygen atoms in total. The minimum Gasteiger partial charge on any atom is -0.492 e. The van der Waals surface area contributed by atoms with Gasteiger partial charge < -0.3 is 15.8 Å². The van der Waals surface area contributed by atoms with Gasteiger partial charge in [-0.15, -0.1) is 0 Å². The first-order chi connectivity index (χ1) is 10.1. The van der Waals surface area contributed by atoms with Gasteiger partial charge in [0.2, 0.25) is 0 Å². The minimum atomic E-state index is 0.396. The molecule has 2 aromatic carbocycles. The lowest BCUT2D eigenvalue weighted by molar-refractivity contribution is 0.328. The summed E-state index contributed by atoms with van der Waals surface area (Å²) < 4.78 is 5.59. The number of nitrogens with two attached hydrogens (primary N) is 1. The summed E-state index contributed by atoms with van der Waals surface area (Å²) in [5.41, 5.74) is 9.17. The number of nitrogens with zero attached hydrogens (tertiary/aromatic N) is 1. The summed E-state index contributed by atoms with van der Waals surface area (Å²) in [6, 6.07) is 15.9. The van der Waals surface area contributed by atoms with Gasteiger partial charge in [0.15, 0.2) is 5.96 Å². The number of guanidine groups is 1. The number of aryl methyl sites for hydroxylation is 2. The van der Waals surface area contributed by atoms with Crippen molar-refractivity contribution in [3.63, 3.8) is 0 Å². The maximum absolute atomic E-state index is 5.84. The summed E-state index contributed by atoms with van der Waals surface area (Å²) in [5.74, 6) is 1.24. The second-order valence-corrected chi connectivity index (χ2v) is 4.92. The zero-order chi connectivity index (χ0) is 15.1. The van der Waals surface area contributed by atoms with E-state index in [1.54, 1.807) is 0 Å². The van der Waals surface area contributed by atoms with Crippen LogP contribution in [0.2, 0.25) is 0 Å². The van der Waals surface area contributed by atoms with Gasteiger partial charge >= 0.3 is 0 Å². The molecule has 2 rings (SSSR count). The van der Waals surface area contributed by atoms with E-state index in [2.05, 4.69) is 10.3 Å². The SMILES string of the molecule is Cc1ccc(OCCN=C(N)Nc2cccc(C)c2)cc1. The maximum Gasteiger partial charge on any atom is 0.193 e. The van der Waals surface area contributed by atoms with E-state index in [-0.39, 0.29) is 0 Å². The van der Waals surface area contributed by atoms with Crippen LogP contribution in [0, 0.1) is 13.8 Å². The smallest absolute Gasteiger partial charge is 0.193 e. The zero-order valence-corrected chi connectivity index (χ0v) is 12.5. The van der Waals surface area contributed by atoms with Gasteiger partial charge in [-0.1, -0.05) is 29.8 Å². The van der Waals surface area contributed by atoms with E-state index >= 15 is 0 Å². The Morgan fingerprint density at radius 1 is 1.10 bits per heavy atom. The second kappa shape index (κ2) is 7.33. The fourth-order valence-electron chi connectivity index (χ4n) is 1.87. The molecule has 3 N–H and O–H groups in total. The van der Waals surface area contributed by atoms with Gasteiger partial charge in [-0.2, -0.15) is 0 Å². The monoisotopic (exact) mass is 283 g/mol. The molecular formula is C17H21N3O. The summed E-state index contributed by atoms with van der Waals surface area (Å²) in [7, 11) is 0. The van der Waals surface area contributed by atoms with Gasteiger partial charge in [-0.05, 0) is 43.7 Å². The second-order valence-electron chi connectivity index (χ2n) is 4.92. The number of hydrogen-bond donors (Lipinski definition) is 2. The highest BCUT2D eigenvalue weighted by molar-refractivity contribution is 5.92. The van der Waals surface area contributed by atoms with Crippen molar-refractivity contribution < 1.29 is 4.74 Å². The molecule has 0 aromatic heterocycles. The van der Waals surface area contributed by atoms with Crippen LogP contribution in [0.1, 0.15) is 11.1 Å². The quantitative estimate of drug-likeness (QED) is 0.503. The minimum absolute atomic E-state index is 0.396. The summed E-state index contributed by atoms with van der Waals surface area (Å²) in [6.07, 6.45) is 0. The van der Waals surface area contributed by atoms with Gasteiger partial charge in [-0.25, -0.2) is 4.99 Å². The third-order valence-electron chi connectivity index (χ3n) is 2.95. The molecule has 0 spiro atoms. The van der Waals surface area contributed by atoms with Crippen molar-refractivity contribution in [1.82, 2.24) is 0 Å². The van der Waals surface area contributed by atoms with E-state index < -0.39 is 0 Å². The summed E-state index contributed by atoms with van der Waals surface area (Å²) in [5, 5.41) is 3.06. The largest absolute Gasteiger partial charge is 0.492 e. The Labute approximate surface area is 125 Å². The van der Waals surface area contributed by atoms with Crippen LogP contribution in [0.25, 0.3) is 0 Å². The van der Waals surface area contributed by atoms with Gasteiger partial charge in [0.25, 0.3) is 0 Å². The normalized spacial score (nSPS) is 11.2. The highest BCUT2D eigenvalue weighted by atomic mass is 16.5. The lowest BCUT2D eigenvalue weighted by Gasteiger charge is -2.07. The molecule has 0 aliphatic heterocycles. The van der Waals surface area contributed by atoms with Gasteiger partial charge in [-0.3, -0.25) is 0 Å². The first kappa shape index (κ1) is 14.9. The molecule has 2 aromatic rings. The summed E-state index contributed by atoms with van der Waals surface area (Å²) in [4.78, 5) is 4.24. The van der Waals surface area contributed by atoms with Gasteiger partial charge in [0.1, 0.15) is 12.4 Å². The molecule has 0 atom stereocenters. The number of anilines is 1. The van der Waals surface area contributed by atoms with Crippen molar-refractivity contribution in [3.8, 4) is 5.75 Å². The number of aliphatic imine (C=N–C) groups is 1. The van der Waals surface area contributed by atoms with Crippen molar-refractivity contribution in [2.75, 3.05) is 18.5 Å². The third kappa shape index (κ3) is 5.18. The molecular weight excluding hydrogens is 262 g/mol. The number of rotatable bonds is 5. The van der Waals surface area contributed by atoms with Crippen molar-refractivity contribution in [3.05, 3.63) is 59.7 Å². The van der Waals surface area contributed by atoms with Crippen LogP contribution >= 0.6 is 0 Å². The molecule has 21 heavy (non-hydrogen) atoms. The Morgan fingerprint density at radius 3 is 2.57 bits per heavy atom. The average Bonchev–Trinajstić information content (AvgIpc) is 2.45. The molecule has 0 radical (unpaired) electrons. The van der Waals surface area contributed by atoms with Gasteiger partial charge in [0, 0.05) is 5.69 Å². The molecule has 110 valence electrons. The third-order valence-corrected chi connectivity index (χ3v) is 2.95. The molecule has 0 fully saturated rings. The van der Waals surface area contributed by atoms with E-state index in [1.807, 2.05) is 62.4 Å². The van der Waals surface area contributed by atoms with Crippen molar-refractivity contribution >= 4 is 11.6 Å². The Morgan fingerprint density at radius 2 is 1.86 bits per heavy atom. The van der Waals surface area contributed by atoms with Crippen LogP contribution in [0.15, 0.2) is 53.5 Å². The van der Waals surface area contributed by atoms with Crippen molar-refractivity contribution in [2.24, 2.45) is 10.7 Å². The maximum atomic E-state index is 5.84. The lowest BCUT2D eigenvalue weighted by atomic mass is 10.2. The van der Waals surface area contributed by atoms with Crippen LogP contribution in [-0.4, -0.2) is 19.1 Å². The first-order valence-corrected chi connectivity index (χ1v) is 6.96. The van der Waals surface area contributed by atoms with E-state index in [4.69, 9.17) is 10.5 Å². The number of nitrogens with one attached hydrogen (secondary N) is 1. The number of benzene rings is 2. The fraction of sp³-hybridized carbons (Fsp3) is 0.235. The van der Waals surface area contributed by atoms with Crippen LogP contribution < -0.4 is 15.8 Å².